The van der Waals surface area contributed by atoms with Crippen LogP contribution >= 0.6 is 0 Å². The Morgan fingerprint density at radius 1 is 0.941 bits per heavy atom. The Labute approximate surface area is 106 Å². The molecule has 0 aromatic heterocycles. The first kappa shape index (κ1) is 13.3. The summed E-state index contributed by atoms with van der Waals surface area (Å²) < 4.78 is 0. The Morgan fingerprint density at radius 3 is 2.24 bits per heavy atom. The number of nitrogens with one attached hydrogen (secondary N) is 1. The molecule has 0 spiro atoms. The van der Waals surface area contributed by atoms with E-state index in [1.54, 1.807) is 0 Å². The molecule has 0 unspecified atom stereocenters. The third kappa shape index (κ3) is 3.65. The molecular formula is C13H28N4. The van der Waals surface area contributed by atoms with Crippen LogP contribution in [0.3, 0.4) is 0 Å². The van der Waals surface area contributed by atoms with Gasteiger partial charge in [-0.3, -0.25) is 14.7 Å². The van der Waals surface area contributed by atoms with Gasteiger partial charge in [-0.25, -0.2) is 0 Å². The molecule has 2 heterocycles. The van der Waals surface area contributed by atoms with E-state index >= 15 is 0 Å². The van der Waals surface area contributed by atoms with Gasteiger partial charge in [0.25, 0.3) is 0 Å². The molecule has 100 valence electrons. The Hall–Kier alpha value is -0.160. The first-order chi connectivity index (χ1) is 8.08. The van der Waals surface area contributed by atoms with E-state index in [2.05, 4.69) is 40.9 Å². The summed E-state index contributed by atoms with van der Waals surface area (Å²) in [6.45, 7) is 15.6. The van der Waals surface area contributed by atoms with E-state index in [9.17, 15) is 0 Å². The van der Waals surface area contributed by atoms with Crippen molar-refractivity contribution in [1.82, 2.24) is 20.0 Å². The molecule has 0 atom stereocenters. The standard InChI is InChI=1S/C13H28N4/c1-13(2)12-17(9-8-15(13)3)11-10-16-6-4-14-5-7-16/h14H,4-12H2,1-3H3. The van der Waals surface area contributed by atoms with Crippen LogP contribution in [0.4, 0.5) is 0 Å². The molecule has 0 aromatic rings. The molecule has 2 saturated heterocycles. The van der Waals surface area contributed by atoms with Gasteiger partial charge in [0.05, 0.1) is 0 Å². The van der Waals surface area contributed by atoms with Gasteiger partial charge in [0.1, 0.15) is 0 Å². The lowest BCUT2D eigenvalue weighted by Crippen LogP contribution is -2.58. The molecule has 4 heteroatoms. The molecule has 0 saturated carbocycles. The number of likely N-dealkylation sites (N-methyl/N-ethyl adjacent to an activating group) is 1. The van der Waals surface area contributed by atoms with Crippen molar-refractivity contribution >= 4 is 0 Å². The fraction of sp³-hybridized carbons (Fsp3) is 1.00. The summed E-state index contributed by atoms with van der Waals surface area (Å²) in [5.74, 6) is 0. The van der Waals surface area contributed by atoms with Crippen molar-refractivity contribution in [3.05, 3.63) is 0 Å². The second-order valence-electron chi connectivity index (χ2n) is 6.10. The Balaban J connectivity index is 1.72. The van der Waals surface area contributed by atoms with Crippen molar-refractivity contribution in [3.63, 3.8) is 0 Å². The highest BCUT2D eigenvalue weighted by Gasteiger charge is 2.30. The maximum atomic E-state index is 3.41. The van der Waals surface area contributed by atoms with Gasteiger partial charge >= 0.3 is 0 Å². The van der Waals surface area contributed by atoms with Gasteiger partial charge in [-0.15, -0.1) is 0 Å². The third-order valence-electron chi connectivity index (χ3n) is 4.34. The van der Waals surface area contributed by atoms with Crippen LogP contribution in [0.2, 0.25) is 0 Å². The lowest BCUT2D eigenvalue weighted by molar-refractivity contribution is 0.0344. The molecule has 0 amide bonds. The van der Waals surface area contributed by atoms with E-state index < -0.39 is 0 Å². The van der Waals surface area contributed by atoms with E-state index in [0.717, 1.165) is 13.1 Å². The van der Waals surface area contributed by atoms with Gasteiger partial charge in [-0.2, -0.15) is 0 Å². The molecule has 0 aromatic carbocycles. The van der Waals surface area contributed by atoms with Crippen molar-refractivity contribution in [1.29, 1.82) is 0 Å². The summed E-state index contributed by atoms with van der Waals surface area (Å²) in [7, 11) is 2.24. The molecular weight excluding hydrogens is 212 g/mol. The van der Waals surface area contributed by atoms with E-state index in [-0.39, 0.29) is 0 Å². The summed E-state index contributed by atoms with van der Waals surface area (Å²) in [5, 5.41) is 3.41. The van der Waals surface area contributed by atoms with Crippen molar-refractivity contribution < 1.29 is 0 Å². The van der Waals surface area contributed by atoms with Gasteiger partial charge in [0.15, 0.2) is 0 Å². The van der Waals surface area contributed by atoms with E-state index in [1.807, 2.05) is 0 Å². The summed E-state index contributed by atoms with van der Waals surface area (Å²) >= 11 is 0. The molecule has 4 nitrogen and oxygen atoms in total. The molecule has 17 heavy (non-hydrogen) atoms. The molecule has 2 rings (SSSR count). The Kier molecular flexibility index (Phi) is 4.42. The highest BCUT2D eigenvalue weighted by atomic mass is 15.3. The largest absolute Gasteiger partial charge is 0.314 e. The molecule has 0 radical (unpaired) electrons. The summed E-state index contributed by atoms with van der Waals surface area (Å²) in [4.78, 5) is 7.69. The SMILES string of the molecule is CN1CCN(CCN2CCNCC2)CC1(C)C. The van der Waals surface area contributed by atoms with Crippen LogP contribution in [0.5, 0.6) is 0 Å². The average Bonchev–Trinajstić information content (AvgIpc) is 2.32. The number of nitrogens with zero attached hydrogens (tertiary/aromatic N) is 3. The van der Waals surface area contributed by atoms with E-state index in [1.165, 1.54) is 45.8 Å². The first-order valence-corrected chi connectivity index (χ1v) is 6.95. The minimum atomic E-state index is 0.335. The van der Waals surface area contributed by atoms with Crippen LogP contribution in [0.15, 0.2) is 0 Å². The van der Waals surface area contributed by atoms with Gasteiger partial charge in [-0.1, -0.05) is 0 Å². The predicted molar refractivity (Wildman–Crippen MR) is 72.5 cm³/mol. The monoisotopic (exact) mass is 240 g/mol. The lowest BCUT2D eigenvalue weighted by atomic mass is 10.00. The van der Waals surface area contributed by atoms with Crippen LogP contribution in [0.1, 0.15) is 13.8 Å². The fourth-order valence-corrected chi connectivity index (χ4v) is 2.75. The molecule has 2 aliphatic heterocycles. The zero-order chi connectivity index (χ0) is 12.3. The smallest absolute Gasteiger partial charge is 0.0277 e. The van der Waals surface area contributed by atoms with Gasteiger partial charge in [0.2, 0.25) is 0 Å². The Morgan fingerprint density at radius 2 is 1.59 bits per heavy atom. The number of piperazine rings is 2. The normalized spacial score (nSPS) is 28.4. The average molecular weight is 240 g/mol. The molecule has 2 aliphatic rings. The minimum absolute atomic E-state index is 0.335. The first-order valence-electron chi connectivity index (χ1n) is 6.95. The maximum absolute atomic E-state index is 3.41. The van der Waals surface area contributed by atoms with Crippen LogP contribution in [0.25, 0.3) is 0 Å². The molecule has 1 N–H and O–H groups in total. The Bertz CT molecular complexity index is 236. The van der Waals surface area contributed by atoms with Crippen molar-refractivity contribution in [2.75, 3.05) is 66.0 Å². The van der Waals surface area contributed by atoms with Crippen LogP contribution in [0, 0.1) is 0 Å². The van der Waals surface area contributed by atoms with Gasteiger partial charge < -0.3 is 5.32 Å². The van der Waals surface area contributed by atoms with Crippen LogP contribution in [-0.2, 0) is 0 Å². The maximum Gasteiger partial charge on any atom is 0.0277 e. The quantitative estimate of drug-likeness (QED) is 0.745. The van der Waals surface area contributed by atoms with Crippen molar-refractivity contribution in [3.8, 4) is 0 Å². The molecule has 0 bridgehead atoms. The summed E-state index contributed by atoms with van der Waals surface area (Å²) in [6.07, 6.45) is 0. The second kappa shape index (κ2) is 5.65. The van der Waals surface area contributed by atoms with E-state index in [4.69, 9.17) is 0 Å². The molecule has 0 aliphatic carbocycles. The van der Waals surface area contributed by atoms with Crippen molar-refractivity contribution in [2.24, 2.45) is 0 Å². The minimum Gasteiger partial charge on any atom is -0.314 e. The lowest BCUT2D eigenvalue weighted by Gasteiger charge is -2.45. The van der Waals surface area contributed by atoms with E-state index in [0.29, 0.717) is 5.54 Å². The second-order valence-corrected chi connectivity index (χ2v) is 6.10. The topological polar surface area (TPSA) is 21.8 Å². The fourth-order valence-electron chi connectivity index (χ4n) is 2.75. The highest BCUT2D eigenvalue weighted by Crippen LogP contribution is 2.18. The zero-order valence-corrected chi connectivity index (χ0v) is 11.7. The number of hydrogen-bond acceptors (Lipinski definition) is 4. The number of rotatable bonds is 3. The van der Waals surface area contributed by atoms with Crippen LogP contribution in [-0.4, -0.2) is 86.2 Å². The predicted octanol–water partition coefficient (Wildman–Crippen LogP) is -0.0824. The van der Waals surface area contributed by atoms with Crippen LogP contribution < -0.4 is 5.32 Å². The van der Waals surface area contributed by atoms with Gasteiger partial charge in [0, 0.05) is 64.4 Å². The highest BCUT2D eigenvalue weighted by molar-refractivity contribution is 4.88. The third-order valence-corrected chi connectivity index (χ3v) is 4.34. The summed E-state index contributed by atoms with van der Waals surface area (Å²) in [5.41, 5.74) is 0.335. The number of hydrogen-bond donors (Lipinski definition) is 1. The molecule has 2 fully saturated rings. The van der Waals surface area contributed by atoms with Crippen molar-refractivity contribution in [2.45, 2.75) is 19.4 Å². The van der Waals surface area contributed by atoms with Gasteiger partial charge in [-0.05, 0) is 20.9 Å². The zero-order valence-electron chi connectivity index (χ0n) is 11.7. The summed E-state index contributed by atoms with van der Waals surface area (Å²) in [6, 6.07) is 0.